The van der Waals surface area contributed by atoms with Crippen molar-refractivity contribution in [1.82, 2.24) is 4.90 Å². The molecule has 1 saturated heterocycles. The van der Waals surface area contributed by atoms with Crippen LogP contribution < -0.4 is 0 Å². The van der Waals surface area contributed by atoms with Crippen molar-refractivity contribution < 1.29 is 4.74 Å². The van der Waals surface area contributed by atoms with Crippen molar-refractivity contribution in [3.05, 3.63) is 24.5 Å². The predicted octanol–water partition coefficient (Wildman–Crippen LogP) is 4.24. The summed E-state index contributed by atoms with van der Waals surface area (Å²) in [6.45, 7) is 16.0. The zero-order valence-corrected chi connectivity index (χ0v) is 12.6. The van der Waals surface area contributed by atoms with E-state index in [9.17, 15) is 0 Å². The normalized spacial score (nSPS) is 17.2. The van der Waals surface area contributed by atoms with Gasteiger partial charge in [-0.3, -0.25) is 0 Å². The third kappa shape index (κ3) is 8.99. The Labute approximate surface area is 108 Å². The van der Waals surface area contributed by atoms with Gasteiger partial charge in [0, 0.05) is 13.1 Å². The first-order chi connectivity index (χ1) is 8.26. The van der Waals surface area contributed by atoms with Gasteiger partial charge in [-0.25, -0.2) is 0 Å². The van der Waals surface area contributed by atoms with Crippen LogP contribution in [-0.4, -0.2) is 31.1 Å². The Hall–Kier alpha value is -0.760. The van der Waals surface area contributed by atoms with Crippen LogP contribution in [0.1, 0.15) is 47.5 Å². The lowest BCUT2D eigenvalue weighted by Gasteiger charge is -2.29. The molecule has 0 N–H and O–H groups in total. The first-order valence-electron chi connectivity index (χ1n) is 6.90. The van der Waals surface area contributed by atoms with E-state index in [1.165, 1.54) is 0 Å². The summed E-state index contributed by atoms with van der Waals surface area (Å²) < 4.78 is 5.75. The van der Waals surface area contributed by atoms with Crippen LogP contribution in [0.25, 0.3) is 0 Å². The maximum Gasteiger partial charge on any atom is 0.114 e. The molecular weight excluding hydrogens is 210 g/mol. The van der Waals surface area contributed by atoms with E-state index >= 15 is 0 Å². The molecule has 0 aromatic carbocycles. The molecule has 0 saturated carbocycles. The second kappa shape index (κ2) is 13.3. The summed E-state index contributed by atoms with van der Waals surface area (Å²) in [4.78, 5) is 2.34. The van der Waals surface area contributed by atoms with Crippen molar-refractivity contribution in [1.29, 1.82) is 0 Å². The van der Waals surface area contributed by atoms with Crippen LogP contribution in [0, 0.1) is 0 Å². The Morgan fingerprint density at radius 1 is 1.18 bits per heavy atom. The Morgan fingerprint density at radius 2 is 1.65 bits per heavy atom. The van der Waals surface area contributed by atoms with Crippen molar-refractivity contribution >= 4 is 0 Å². The molecule has 0 amide bonds. The summed E-state index contributed by atoms with van der Waals surface area (Å²) in [6, 6.07) is 0. The molecule has 0 unspecified atom stereocenters. The van der Waals surface area contributed by atoms with Crippen LogP contribution in [0.2, 0.25) is 0 Å². The molecule has 2 nitrogen and oxygen atoms in total. The molecule has 1 rings (SSSR count). The minimum atomic E-state index is 0.389. The van der Waals surface area contributed by atoms with Gasteiger partial charge >= 0.3 is 0 Å². The highest BCUT2D eigenvalue weighted by atomic mass is 16.5. The number of likely N-dealkylation sites (tertiary alicyclic amines) is 1. The highest BCUT2D eigenvalue weighted by Gasteiger charge is 2.17. The number of hydrogen-bond acceptors (Lipinski definition) is 2. The van der Waals surface area contributed by atoms with E-state index in [0.717, 1.165) is 31.7 Å². The summed E-state index contributed by atoms with van der Waals surface area (Å²) >= 11 is 0. The summed E-state index contributed by atoms with van der Waals surface area (Å²) in [7, 11) is 2.15. The van der Waals surface area contributed by atoms with Gasteiger partial charge < -0.3 is 9.64 Å². The quantitative estimate of drug-likeness (QED) is 0.541. The molecule has 0 radical (unpaired) electrons. The molecule has 0 aromatic rings. The van der Waals surface area contributed by atoms with Gasteiger partial charge in [-0.15, -0.1) is 0 Å². The van der Waals surface area contributed by atoms with Crippen molar-refractivity contribution in [2.24, 2.45) is 0 Å². The zero-order valence-electron chi connectivity index (χ0n) is 12.6. The first-order valence-corrected chi connectivity index (χ1v) is 6.90. The third-order valence-corrected chi connectivity index (χ3v) is 2.45. The third-order valence-electron chi connectivity index (χ3n) is 2.45. The van der Waals surface area contributed by atoms with Gasteiger partial charge in [0.05, 0.1) is 0 Å². The number of allylic oxidation sites excluding steroid dienone is 2. The highest BCUT2D eigenvalue weighted by molar-refractivity contribution is 5.07. The molecule has 0 aromatic heterocycles. The minimum absolute atomic E-state index is 0.389. The van der Waals surface area contributed by atoms with Gasteiger partial charge in [0.2, 0.25) is 0 Å². The molecule has 1 fully saturated rings. The minimum Gasteiger partial charge on any atom is -0.491 e. The number of hydrogen-bond donors (Lipinski definition) is 0. The molecule has 2 heteroatoms. The van der Waals surface area contributed by atoms with Gasteiger partial charge in [0.1, 0.15) is 11.9 Å². The standard InChI is InChI=1S/C11H19NO.2C2H6/c1-4-10(5-2)13-11-6-8-12(3)9-7-11;2*1-2/h4-5,11H,1,6-9H2,2-3H3;2*1-2H3/b10-5+;;. The van der Waals surface area contributed by atoms with Gasteiger partial charge in [-0.05, 0) is 39.0 Å². The summed E-state index contributed by atoms with van der Waals surface area (Å²) in [6.07, 6.45) is 6.38. The maximum absolute atomic E-state index is 5.75. The van der Waals surface area contributed by atoms with E-state index in [0.29, 0.717) is 6.10 Å². The average Bonchev–Trinajstić information content (AvgIpc) is 2.42. The SMILES string of the molecule is C=C/C(=C\C)OC1CCN(C)CC1.CC.CC. The number of ether oxygens (including phenoxy) is 1. The summed E-state index contributed by atoms with van der Waals surface area (Å²) in [5, 5.41) is 0. The fourth-order valence-corrected chi connectivity index (χ4v) is 1.53. The van der Waals surface area contributed by atoms with Gasteiger partial charge in [0.15, 0.2) is 0 Å². The van der Waals surface area contributed by atoms with Gasteiger partial charge in [0.25, 0.3) is 0 Å². The molecule has 1 aliphatic heterocycles. The topological polar surface area (TPSA) is 12.5 Å². The van der Waals surface area contributed by atoms with Crippen molar-refractivity contribution in [3.63, 3.8) is 0 Å². The smallest absolute Gasteiger partial charge is 0.114 e. The molecule has 0 atom stereocenters. The van der Waals surface area contributed by atoms with Crippen LogP contribution in [0.5, 0.6) is 0 Å². The largest absolute Gasteiger partial charge is 0.491 e. The zero-order chi connectivity index (χ0) is 13.7. The Bertz CT molecular complexity index is 191. The molecule has 1 heterocycles. The molecule has 0 bridgehead atoms. The van der Waals surface area contributed by atoms with Crippen LogP contribution in [0.3, 0.4) is 0 Å². The molecule has 17 heavy (non-hydrogen) atoms. The molecule has 0 aliphatic carbocycles. The lowest BCUT2D eigenvalue weighted by molar-refractivity contribution is 0.0640. The van der Waals surface area contributed by atoms with Crippen molar-refractivity contribution in [2.45, 2.75) is 53.6 Å². The van der Waals surface area contributed by atoms with Gasteiger partial charge in [-0.1, -0.05) is 34.3 Å². The van der Waals surface area contributed by atoms with E-state index < -0.39 is 0 Å². The van der Waals surface area contributed by atoms with E-state index in [2.05, 4.69) is 18.5 Å². The molecular formula is C15H31NO. The second-order valence-corrected chi connectivity index (χ2v) is 3.52. The van der Waals surface area contributed by atoms with Crippen LogP contribution >= 0.6 is 0 Å². The summed E-state index contributed by atoms with van der Waals surface area (Å²) in [5.41, 5.74) is 0. The van der Waals surface area contributed by atoms with Gasteiger partial charge in [-0.2, -0.15) is 0 Å². The number of rotatable bonds is 3. The van der Waals surface area contributed by atoms with E-state index in [1.807, 2.05) is 40.7 Å². The Kier molecular flexibility index (Phi) is 14.6. The van der Waals surface area contributed by atoms with Crippen LogP contribution in [-0.2, 0) is 4.74 Å². The van der Waals surface area contributed by atoms with E-state index in [1.54, 1.807) is 6.08 Å². The van der Waals surface area contributed by atoms with Crippen LogP contribution in [0.15, 0.2) is 24.5 Å². The molecule has 1 aliphatic rings. The van der Waals surface area contributed by atoms with Crippen molar-refractivity contribution in [3.8, 4) is 0 Å². The Morgan fingerprint density at radius 3 is 2.00 bits per heavy atom. The number of piperidine rings is 1. The average molecular weight is 241 g/mol. The molecule has 102 valence electrons. The maximum atomic E-state index is 5.75. The summed E-state index contributed by atoms with van der Waals surface area (Å²) in [5.74, 6) is 0.912. The second-order valence-electron chi connectivity index (χ2n) is 3.52. The fraction of sp³-hybridized carbons (Fsp3) is 0.733. The highest BCUT2D eigenvalue weighted by Crippen LogP contribution is 2.15. The van der Waals surface area contributed by atoms with E-state index in [4.69, 9.17) is 4.74 Å². The fourth-order valence-electron chi connectivity index (χ4n) is 1.53. The lowest BCUT2D eigenvalue weighted by Crippen LogP contribution is -2.33. The van der Waals surface area contributed by atoms with Crippen LogP contribution in [0.4, 0.5) is 0 Å². The van der Waals surface area contributed by atoms with E-state index in [-0.39, 0.29) is 0 Å². The Balaban J connectivity index is 0. The van der Waals surface area contributed by atoms with Crippen molar-refractivity contribution in [2.75, 3.05) is 20.1 Å². The predicted molar refractivity (Wildman–Crippen MR) is 78.3 cm³/mol. The monoisotopic (exact) mass is 241 g/mol. The first kappa shape index (κ1) is 18.6. The molecule has 0 spiro atoms. The lowest BCUT2D eigenvalue weighted by atomic mass is 10.1. The number of nitrogens with zero attached hydrogens (tertiary/aromatic N) is 1.